The first-order chi connectivity index (χ1) is 7.09. The summed E-state index contributed by atoms with van der Waals surface area (Å²) in [5.41, 5.74) is 0.437. The molecule has 0 atom stereocenters. The molecule has 15 heavy (non-hydrogen) atoms. The van der Waals surface area contributed by atoms with E-state index in [4.69, 9.17) is 11.6 Å². The Hall–Kier alpha value is -0.800. The van der Waals surface area contributed by atoms with Gasteiger partial charge in [-0.1, -0.05) is 35.5 Å². The molecule has 1 aromatic rings. The molecule has 0 saturated carbocycles. The van der Waals surface area contributed by atoms with Gasteiger partial charge in [-0.3, -0.25) is 4.79 Å². The maximum atomic E-state index is 13.2. The van der Waals surface area contributed by atoms with Crippen LogP contribution in [0.3, 0.4) is 0 Å². The van der Waals surface area contributed by atoms with E-state index >= 15 is 0 Å². The Morgan fingerprint density at radius 2 is 2.33 bits per heavy atom. The Bertz CT molecular complexity index is 390. The minimum atomic E-state index is -0.316. The lowest BCUT2D eigenvalue weighted by atomic mass is 10.2. The average molecular weight is 245 g/mol. The predicted octanol–water partition coefficient (Wildman–Crippen LogP) is 3.77. The lowest BCUT2D eigenvalue weighted by molar-refractivity contribution is -0.109. The number of halogens is 2. The van der Waals surface area contributed by atoms with E-state index in [0.29, 0.717) is 16.3 Å². The highest BCUT2D eigenvalue weighted by Gasteiger charge is 1.98. The molecule has 0 aliphatic heterocycles. The molecule has 0 fully saturated rings. The zero-order chi connectivity index (χ0) is 11.3. The van der Waals surface area contributed by atoms with Crippen molar-refractivity contribution in [2.75, 3.05) is 5.75 Å². The van der Waals surface area contributed by atoms with Crippen molar-refractivity contribution < 1.29 is 9.18 Å². The standard InChI is InChI=1S/C11H10ClFOS/c1-8(14)15-6-2-3-9-7-10(12)4-5-11(9)13/h2-5,7H,6H2,1H3. The smallest absolute Gasteiger partial charge is 0.186 e. The normalized spacial score (nSPS) is 10.9. The number of rotatable bonds is 3. The number of hydrogen-bond donors (Lipinski definition) is 0. The van der Waals surface area contributed by atoms with Gasteiger partial charge in [0.1, 0.15) is 5.82 Å². The SMILES string of the molecule is CC(=O)SCC=Cc1cc(Cl)ccc1F. The molecular formula is C11H10ClFOS. The molecule has 0 bridgehead atoms. The summed E-state index contributed by atoms with van der Waals surface area (Å²) in [6.45, 7) is 1.50. The van der Waals surface area contributed by atoms with Gasteiger partial charge in [0, 0.05) is 23.3 Å². The third kappa shape index (κ3) is 4.49. The van der Waals surface area contributed by atoms with Crippen molar-refractivity contribution in [1.29, 1.82) is 0 Å². The van der Waals surface area contributed by atoms with Crippen LogP contribution in [0.1, 0.15) is 12.5 Å². The fourth-order valence-corrected chi connectivity index (χ4v) is 1.59. The summed E-state index contributed by atoms with van der Waals surface area (Å²) >= 11 is 6.90. The van der Waals surface area contributed by atoms with Gasteiger partial charge in [-0.2, -0.15) is 0 Å². The minimum Gasteiger partial charge on any atom is -0.288 e. The van der Waals surface area contributed by atoms with Gasteiger partial charge in [0.25, 0.3) is 0 Å². The van der Waals surface area contributed by atoms with Crippen LogP contribution < -0.4 is 0 Å². The molecular weight excluding hydrogens is 235 g/mol. The number of carbonyl (C=O) groups is 1. The van der Waals surface area contributed by atoms with Crippen LogP contribution in [0, 0.1) is 5.82 Å². The topological polar surface area (TPSA) is 17.1 Å². The van der Waals surface area contributed by atoms with Crippen LogP contribution in [0.2, 0.25) is 5.02 Å². The summed E-state index contributed by atoms with van der Waals surface area (Å²) < 4.78 is 13.2. The van der Waals surface area contributed by atoms with Crippen LogP contribution in [0.15, 0.2) is 24.3 Å². The Morgan fingerprint density at radius 3 is 3.00 bits per heavy atom. The maximum absolute atomic E-state index is 13.2. The van der Waals surface area contributed by atoms with Crippen LogP contribution in [0.4, 0.5) is 4.39 Å². The second kappa shape index (κ2) is 5.93. The summed E-state index contributed by atoms with van der Waals surface area (Å²) in [6.07, 6.45) is 3.36. The Labute approximate surface area is 97.3 Å². The number of hydrogen-bond acceptors (Lipinski definition) is 2. The van der Waals surface area contributed by atoms with Crippen LogP contribution in [0.5, 0.6) is 0 Å². The van der Waals surface area contributed by atoms with Crippen molar-refractivity contribution >= 4 is 34.6 Å². The molecule has 1 rings (SSSR count). The molecule has 80 valence electrons. The average Bonchev–Trinajstić information content (AvgIpc) is 2.17. The Morgan fingerprint density at radius 1 is 1.60 bits per heavy atom. The molecule has 0 unspecified atom stereocenters. The molecule has 0 N–H and O–H groups in total. The van der Waals surface area contributed by atoms with Crippen molar-refractivity contribution in [3.05, 3.63) is 40.7 Å². The highest BCUT2D eigenvalue weighted by atomic mass is 35.5. The second-order valence-electron chi connectivity index (χ2n) is 2.87. The predicted molar refractivity (Wildman–Crippen MR) is 63.6 cm³/mol. The van der Waals surface area contributed by atoms with Gasteiger partial charge < -0.3 is 0 Å². The number of thioether (sulfide) groups is 1. The molecule has 4 heteroatoms. The van der Waals surface area contributed by atoms with E-state index < -0.39 is 0 Å². The van der Waals surface area contributed by atoms with Crippen LogP contribution >= 0.6 is 23.4 Å². The van der Waals surface area contributed by atoms with E-state index in [0.717, 1.165) is 0 Å². The van der Waals surface area contributed by atoms with Crippen LogP contribution in [-0.4, -0.2) is 10.9 Å². The molecule has 0 radical (unpaired) electrons. The van der Waals surface area contributed by atoms with E-state index in [1.54, 1.807) is 18.2 Å². The van der Waals surface area contributed by atoms with E-state index in [9.17, 15) is 9.18 Å². The van der Waals surface area contributed by atoms with E-state index in [1.807, 2.05) is 0 Å². The first-order valence-electron chi connectivity index (χ1n) is 4.34. The minimum absolute atomic E-state index is 0.0474. The van der Waals surface area contributed by atoms with Gasteiger partial charge >= 0.3 is 0 Å². The van der Waals surface area contributed by atoms with Gasteiger partial charge in [0.15, 0.2) is 5.12 Å². The second-order valence-corrected chi connectivity index (χ2v) is 4.50. The molecule has 0 aliphatic rings. The van der Waals surface area contributed by atoms with Gasteiger partial charge in [0.2, 0.25) is 0 Å². The summed E-state index contributed by atoms with van der Waals surface area (Å²) in [6, 6.07) is 4.37. The molecule has 0 heterocycles. The molecule has 1 nitrogen and oxygen atoms in total. The molecule has 1 aromatic carbocycles. The summed E-state index contributed by atoms with van der Waals surface area (Å²) in [7, 11) is 0. The number of carbonyl (C=O) groups excluding carboxylic acids is 1. The number of benzene rings is 1. The zero-order valence-electron chi connectivity index (χ0n) is 8.17. The lowest BCUT2D eigenvalue weighted by Gasteiger charge is -1.97. The van der Waals surface area contributed by atoms with E-state index in [-0.39, 0.29) is 10.9 Å². The fraction of sp³-hybridized carbons (Fsp3) is 0.182. The third-order valence-electron chi connectivity index (χ3n) is 1.64. The maximum Gasteiger partial charge on any atom is 0.186 e. The molecule has 0 aliphatic carbocycles. The van der Waals surface area contributed by atoms with Gasteiger partial charge in [-0.15, -0.1) is 0 Å². The highest BCUT2D eigenvalue weighted by molar-refractivity contribution is 8.13. The largest absolute Gasteiger partial charge is 0.288 e. The Kier molecular flexibility index (Phi) is 4.85. The van der Waals surface area contributed by atoms with Crippen molar-refractivity contribution in [3.8, 4) is 0 Å². The van der Waals surface area contributed by atoms with Gasteiger partial charge in [-0.05, 0) is 18.2 Å². The first kappa shape index (κ1) is 12.3. The molecule has 0 amide bonds. The molecule has 0 aromatic heterocycles. The quantitative estimate of drug-likeness (QED) is 0.805. The third-order valence-corrected chi connectivity index (χ3v) is 2.64. The van der Waals surface area contributed by atoms with Crippen LogP contribution in [0.25, 0.3) is 6.08 Å². The van der Waals surface area contributed by atoms with Crippen molar-refractivity contribution in [1.82, 2.24) is 0 Å². The summed E-state index contributed by atoms with van der Waals surface area (Å²) in [4.78, 5) is 10.6. The first-order valence-corrected chi connectivity index (χ1v) is 5.71. The van der Waals surface area contributed by atoms with Crippen molar-refractivity contribution in [3.63, 3.8) is 0 Å². The fourth-order valence-electron chi connectivity index (χ4n) is 0.983. The van der Waals surface area contributed by atoms with Crippen molar-refractivity contribution in [2.24, 2.45) is 0 Å². The van der Waals surface area contributed by atoms with Gasteiger partial charge in [0.05, 0.1) is 0 Å². The highest BCUT2D eigenvalue weighted by Crippen LogP contribution is 2.16. The van der Waals surface area contributed by atoms with Crippen LogP contribution in [-0.2, 0) is 4.79 Å². The summed E-state index contributed by atoms with van der Waals surface area (Å²) in [5.74, 6) is 0.227. The Balaban J connectivity index is 2.63. The van der Waals surface area contributed by atoms with E-state index in [2.05, 4.69) is 0 Å². The van der Waals surface area contributed by atoms with Gasteiger partial charge in [-0.25, -0.2) is 4.39 Å². The zero-order valence-corrected chi connectivity index (χ0v) is 9.74. The summed E-state index contributed by atoms with van der Waals surface area (Å²) in [5, 5.41) is 0.543. The van der Waals surface area contributed by atoms with Crippen molar-refractivity contribution in [2.45, 2.75) is 6.92 Å². The molecule has 0 spiro atoms. The van der Waals surface area contributed by atoms with E-state index in [1.165, 1.54) is 30.8 Å². The monoisotopic (exact) mass is 244 g/mol. The molecule has 0 saturated heterocycles. The lowest BCUT2D eigenvalue weighted by Crippen LogP contribution is -1.83.